The Balaban J connectivity index is 1.36. The molecule has 3 aromatic carbocycles. The van der Waals surface area contributed by atoms with Crippen LogP contribution in [0.2, 0.25) is 5.02 Å². The molecule has 0 unspecified atom stereocenters. The Labute approximate surface area is 173 Å². The molecule has 0 radical (unpaired) electrons. The SMILES string of the molecule is O=C(Cc1ccc(-c2ccccc2)cc1)NCc1nnnn1-c1ccc(Cl)cc1. The van der Waals surface area contributed by atoms with Gasteiger partial charge in [-0.3, -0.25) is 4.79 Å². The third-order valence-electron chi connectivity index (χ3n) is 4.47. The van der Waals surface area contributed by atoms with Crippen molar-refractivity contribution in [3.8, 4) is 16.8 Å². The third-order valence-corrected chi connectivity index (χ3v) is 4.73. The molecule has 7 heteroatoms. The van der Waals surface area contributed by atoms with Crippen molar-refractivity contribution < 1.29 is 4.79 Å². The van der Waals surface area contributed by atoms with E-state index in [-0.39, 0.29) is 18.9 Å². The third kappa shape index (κ3) is 4.67. The summed E-state index contributed by atoms with van der Waals surface area (Å²) in [6.45, 7) is 0.233. The fourth-order valence-electron chi connectivity index (χ4n) is 2.97. The molecule has 0 aliphatic heterocycles. The second-order valence-electron chi connectivity index (χ2n) is 6.50. The Morgan fingerprint density at radius 2 is 1.59 bits per heavy atom. The molecule has 0 saturated carbocycles. The lowest BCUT2D eigenvalue weighted by Gasteiger charge is -2.07. The molecule has 1 aromatic heterocycles. The Bertz CT molecular complexity index is 1090. The molecule has 144 valence electrons. The Morgan fingerprint density at radius 3 is 2.31 bits per heavy atom. The zero-order valence-electron chi connectivity index (χ0n) is 15.5. The van der Waals surface area contributed by atoms with Crippen molar-refractivity contribution in [2.75, 3.05) is 0 Å². The fraction of sp³-hybridized carbons (Fsp3) is 0.0909. The first-order valence-electron chi connectivity index (χ1n) is 9.13. The van der Waals surface area contributed by atoms with Gasteiger partial charge in [-0.05, 0) is 51.4 Å². The van der Waals surface area contributed by atoms with Gasteiger partial charge in [0.2, 0.25) is 5.91 Å². The molecule has 1 amide bonds. The standard InChI is InChI=1S/C22H18ClN5O/c23-19-10-12-20(13-11-19)28-21(25-26-27-28)15-24-22(29)14-16-6-8-18(9-7-16)17-4-2-1-3-5-17/h1-13H,14-15H2,(H,24,29). The van der Waals surface area contributed by atoms with Crippen LogP contribution in [0.25, 0.3) is 16.8 Å². The topological polar surface area (TPSA) is 72.7 Å². The molecule has 0 atom stereocenters. The van der Waals surface area contributed by atoms with Gasteiger partial charge in [-0.15, -0.1) is 5.10 Å². The molecule has 0 spiro atoms. The quantitative estimate of drug-likeness (QED) is 0.531. The summed E-state index contributed by atoms with van der Waals surface area (Å²) in [7, 11) is 0. The van der Waals surface area contributed by atoms with Crippen molar-refractivity contribution in [3.63, 3.8) is 0 Å². The van der Waals surface area contributed by atoms with E-state index in [4.69, 9.17) is 11.6 Å². The van der Waals surface area contributed by atoms with Crippen molar-refractivity contribution in [2.45, 2.75) is 13.0 Å². The van der Waals surface area contributed by atoms with E-state index < -0.39 is 0 Å². The molecule has 1 heterocycles. The van der Waals surface area contributed by atoms with Crippen LogP contribution in [0.5, 0.6) is 0 Å². The number of aromatic nitrogens is 4. The summed E-state index contributed by atoms with van der Waals surface area (Å²) < 4.78 is 1.57. The number of rotatable bonds is 6. The van der Waals surface area contributed by atoms with E-state index >= 15 is 0 Å². The normalized spacial score (nSPS) is 10.7. The zero-order valence-corrected chi connectivity index (χ0v) is 16.3. The van der Waals surface area contributed by atoms with Gasteiger partial charge in [0, 0.05) is 5.02 Å². The van der Waals surface area contributed by atoms with Gasteiger partial charge in [-0.2, -0.15) is 4.68 Å². The molecule has 0 bridgehead atoms. The summed E-state index contributed by atoms with van der Waals surface area (Å²) in [4.78, 5) is 12.3. The predicted molar refractivity (Wildman–Crippen MR) is 112 cm³/mol. The molecule has 0 fully saturated rings. The maximum Gasteiger partial charge on any atom is 0.224 e. The van der Waals surface area contributed by atoms with Crippen LogP contribution in [-0.4, -0.2) is 26.1 Å². The van der Waals surface area contributed by atoms with Crippen molar-refractivity contribution in [1.29, 1.82) is 0 Å². The van der Waals surface area contributed by atoms with Crippen LogP contribution >= 0.6 is 11.6 Å². The van der Waals surface area contributed by atoms with E-state index in [9.17, 15) is 4.79 Å². The predicted octanol–water partition coefficient (Wildman–Crippen LogP) is 3.84. The van der Waals surface area contributed by atoms with E-state index in [1.807, 2.05) is 54.6 Å². The molecule has 0 saturated heterocycles. The minimum atomic E-state index is -0.0943. The minimum absolute atomic E-state index is 0.0943. The molecule has 0 aliphatic rings. The minimum Gasteiger partial charge on any atom is -0.348 e. The smallest absolute Gasteiger partial charge is 0.224 e. The second-order valence-corrected chi connectivity index (χ2v) is 6.94. The monoisotopic (exact) mass is 403 g/mol. The van der Waals surface area contributed by atoms with Gasteiger partial charge in [-0.25, -0.2) is 0 Å². The summed E-state index contributed by atoms with van der Waals surface area (Å²) in [5.41, 5.74) is 3.99. The van der Waals surface area contributed by atoms with Crippen molar-refractivity contribution >= 4 is 17.5 Å². The molecule has 4 rings (SSSR count). The van der Waals surface area contributed by atoms with Gasteiger partial charge in [-0.1, -0.05) is 66.2 Å². The van der Waals surface area contributed by atoms with E-state index in [1.165, 1.54) is 0 Å². The maximum atomic E-state index is 12.3. The largest absolute Gasteiger partial charge is 0.348 e. The summed E-state index contributed by atoms with van der Waals surface area (Å²) in [5.74, 6) is 0.447. The number of halogens is 1. The van der Waals surface area contributed by atoms with Gasteiger partial charge in [0.1, 0.15) is 0 Å². The maximum absolute atomic E-state index is 12.3. The highest BCUT2D eigenvalue weighted by molar-refractivity contribution is 6.30. The van der Waals surface area contributed by atoms with Gasteiger partial charge in [0.05, 0.1) is 18.7 Å². The number of carbonyl (C=O) groups is 1. The number of nitrogens with one attached hydrogen (secondary N) is 1. The van der Waals surface area contributed by atoms with Crippen LogP contribution < -0.4 is 5.32 Å². The second kappa shape index (κ2) is 8.67. The molecule has 1 N–H and O–H groups in total. The number of carbonyl (C=O) groups excluding carboxylic acids is 1. The Hall–Kier alpha value is -3.51. The highest BCUT2D eigenvalue weighted by Gasteiger charge is 2.10. The lowest BCUT2D eigenvalue weighted by Crippen LogP contribution is -2.26. The van der Waals surface area contributed by atoms with Crippen LogP contribution in [0.15, 0.2) is 78.9 Å². The Kier molecular flexibility index (Phi) is 5.63. The average Bonchev–Trinajstić information content (AvgIpc) is 3.23. The zero-order chi connectivity index (χ0) is 20.1. The average molecular weight is 404 g/mol. The number of nitrogens with zero attached hydrogens (tertiary/aromatic N) is 4. The van der Waals surface area contributed by atoms with Crippen LogP contribution in [0.3, 0.4) is 0 Å². The van der Waals surface area contributed by atoms with Gasteiger partial charge in [0.25, 0.3) is 0 Å². The lowest BCUT2D eigenvalue weighted by atomic mass is 10.0. The summed E-state index contributed by atoms with van der Waals surface area (Å²) in [6.07, 6.45) is 0.289. The van der Waals surface area contributed by atoms with E-state index in [1.54, 1.807) is 16.8 Å². The van der Waals surface area contributed by atoms with Crippen LogP contribution in [0.1, 0.15) is 11.4 Å². The van der Waals surface area contributed by atoms with Crippen molar-refractivity contribution in [1.82, 2.24) is 25.5 Å². The number of hydrogen-bond acceptors (Lipinski definition) is 4. The molecule has 6 nitrogen and oxygen atoms in total. The number of benzene rings is 3. The highest BCUT2D eigenvalue weighted by atomic mass is 35.5. The van der Waals surface area contributed by atoms with E-state index in [0.717, 1.165) is 22.4 Å². The first-order chi connectivity index (χ1) is 14.2. The van der Waals surface area contributed by atoms with Crippen LogP contribution in [0, 0.1) is 0 Å². The number of amides is 1. The summed E-state index contributed by atoms with van der Waals surface area (Å²) >= 11 is 5.92. The molecular formula is C22H18ClN5O. The molecule has 4 aromatic rings. The van der Waals surface area contributed by atoms with Gasteiger partial charge >= 0.3 is 0 Å². The lowest BCUT2D eigenvalue weighted by molar-refractivity contribution is -0.120. The van der Waals surface area contributed by atoms with Gasteiger partial charge < -0.3 is 5.32 Å². The van der Waals surface area contributed by atoms with E-state index in [0.29, 0.717) is 10.8 Å². The van der Waals surface area contributed by atoms with E-state index in [2.05, 4.69) is 33.0 Å². The fourth-order valence-corrected chi connectivity index (χ4v) is 3.10. The van der Waals surface area contributed by atoms with Crippen molar-refractivity contribution in [2.24, 2.45) is 0 Å². The van der Waals surface area contributed by atoms with Gasteiger partial charge in [0.15, 0.2) is 5.82 Å². The summed E-state index contributed by atoms with van der Waals surface area (Å²) in [6, 6.07) is 25.3. The van der Waals surface area contributed by atoms with Crippen LogP contribution in [0.4, 0.5) is 0 Å². The summed E-state index contributed by atoms with van der Waals surface area (Å²) in [5, 5.41) is 15.2. The molecular weight excluding hydrogens is 386 g/mol. The number of tetrazole rings is 1. The Morgan fingerprint density at radius 1 is 0.897 bits per heavy atom. The van der Waals surface area contributed by atoms with Crippen LogP contribution in [-0.2, 0) is 17.8 Å². The molecule has 29 heavy (non-hydrogen) atoms. The number of hydrogen-bond donors (Lipinski definition) is 1. The first kappa shape index (κ1) is 18.8. The highest BCUT2D eigenvalue weighted by Crippen LogP contribution is 2.19. The first-order valence-corrected chi connectivity index (χ1v) is 9.51. The molecule has 0 aliphatic carbocycles. The van der Waals surface area contributed by atoms with Crippen molar-refractivity contribution in [3.05, 3.63) is 95.3 Å².